The molecule has 0 saturated heterocycles. The zero-order valence-electron chi connectivity index (χ0n) is 10.4. The highest BCUT2D eigenvalue weighted by molar-refractivity contribution is 7.92. The average molecular weight is 312 g/mol. The van der Waals surface area contributed by atoms with Gasteiger partial charge in [-0.25, -0.2) is 12.8 Å². The number of non-ortho nitro benzene ring substituents is 1. The number of nitrogens with one attached hydrogen (secondary N) is 1. The van der Waals surface area contributed by atoms with Crippen LogP contribution in [0.5, 0.6) is 5.75 Å². The minimum absolute atomic E-state index is 0.315. The summed E-state index contributed by atoms with van der Waals surface area (Å²) in [5.41, 5.74) is -0.907. The molecule has 0 fully saturated rings. The summed E-state index contributed by atoms with van der Waals surface area (Å²) < 4.78 is 39.3. The van der Waals surface area contributed by atoms with Gasteiger partial charge in [0.15, 0.2) is 0 Å². The second-order valence-electron chi connectivity index (χ2n) is 4.03. The standard InChI is InChI=1S/C12H9FN2O5S/c13-8-5-9(7-10(6-8)15(17)18)14-21(19,20)12-4-2-1-3-11(12)16/h1-7,14,16H. The number of nitro groups is 1. The molecule has 21 heavy (non-hydrogen) atoms. The van der Waals surface area contributed by atoms with Gasteiger partial charge in [0.2, 0.25) is 0 Å². The Morgan fingerprint density at radius 1 is 1.19 bits per heavy atom. The second kappa shape index (κ2) is 5.37. The lowest BCUT2D eigenvalue weighted by Gasteiger charge is -2.09. The van der Waals surface area contributed by atoms with Crippen LogP contribution >= 0.6 is 0 Å². The molecule has 2 rings (SSSR count). The number of hydrogen-bond donors (Lipinski definition) is 2. The first-order chi connectivity index (χ1) is 9.79. The Morgan fingerprint density at radius 2 is 1.86 bits per heavy atom. The Morgan fingerprint density at radius 3 is 2.48 bits per heavy atom. The molecule has 9 heteroatoms. The van der Waals surface area contributed by atoms with E-state index in [-0.39, 0.29) is 5.69 Å². The number of hydrogen-bond acceptors (Lipinski definition) is 5. The van der Waals surface area contributed by atoms with Crippen LogP contribution in [0.4, 0.5) is 15.8 Å². The van der Waals surface area contributed by atoms with Crippen LogP contribution < -0.4 is 4.72 Å². The van der Waals surface area contributed by atoms with Gasteiger partial charge in [0, 0.05) is 6.07 Å². The predicted octanol–water partition coefficient (Wildman–Crippen LogP) is 2.24. The van der Waals surface area contributed by atoms with E-state index in [1.54, 1.807) is 0 Å². The fraction of sp³-hybridized carbons (Fsp3) is 0. The first kappa shape index (κ1) is 14.7. The molecule has 2 aromatic carbocycles. The number of benzene rings is 2. The third-order valence-electron chi connectivity index (χ3n) is 2.50. The van der Waals surface area contributed by atoms with Crippen molar-refractivity contribution in [1.82, 2.24) is 0 Å². The van der Waals surface area contributed by atoms with Crippen LogP contribution in [-0.2, 0) is 10.0 Å². The number of rotatable bonds is 4. The summed E-state index contributed by atoms with van der Waals surface area (Å²) in [7, 11) is -4.19. The Kier molecular flexibility index (Phi) is 3.76. The lowest BCUT2D eigenvalue weighted by molar-refractivity contribution is -0.385. The lowest BCUT2D eigenvalue weighted by Crippen LogP contribution is -2.13. The molecule has 7 nitrogen and oxygen atoms in total. The van der Waals surface area contributed by atoms with E-state index >= 15 is 0 Å². The summed E-state index contributed by atoms with van der Waals surface area (Å²) in [5.74, 6) is -1.45. The van der Waals surface area contributed by atoms with Crippen molar-refractivity contribution in [2.24, 2.45) is 0 Å². The number of phenols is 1. The van der Waals surface area contributed by atoms with E-state index in [0.717, 1.165) is 18.2 Å². The number of sulfonamides is 1. The van der Waals surface area contributed by atoms with Crippen LogP contribution in [0.2, 0.25) is 0 Å². The Bertz CT molecular complexity index is 807. The quantitative estimate of drug-likeness (QED) is 0.664. The molecule has 2 aromatic rings. The second-order valence-corrected chi connectivity index (χ2v) is 5.68. The smallest absolute Gasteiger partial charge is 0.274 e. The number of nitrogens with zero attached hydrogens (tertiary/aromatic N) is 1. The maximum atomic E-state index is 13.3. The summed E-state index contributed by atoms with van der Waals surface area (Å²) in [4.78, 5) is 9.35. The normalized spacial score (nSPS) is 11.1. The molecule has 0 saturated carbocycles. The van der Waals surface area contributed by atoms with Crippen molar-refractivity contribution in [3.8, 4) is 5.75 Å². The number of aromatic hydroxyl groups is 1. The van der Waals surface area contributed by atoms with Crippen LogP contribution in [0.15, 0.2) is 47.4 Å². The minimum Gasteiger partial charge on any atom is -0.507 e. The molecule has 0 amide bonds. The van der Waals surface area contributed by atoms with E-state index in [1.165, 1.54) is 18.2 Å². The summed E-state index contributed by atoms with van der Waals surface area (Å²) in [6.07, 6.45) is 0. The molecule has 0 aliphatic heterocycles. The molecule has 0 atom stereocenters. The van der Waals surface area contributed by atoms with E-state index in [0.29, 0.717) is 6.07 Å². The topological polar surface area (TPSA) is 110 Å². The Balaban J connectivity index is 2.42. The minimum atomic E-state index is -4.19. The summed E-state index contributed by atoms with van der Waals surface area (Å²) in [6.45, 7) is 0. The van der Waals surface area contributed by atoms with E-state index in [2.05, 4.69) is 0 Å². The monoisotopic (exact) mass is 312 g/mol. The fourth-order valence-electron chi connectivity index (χ4n) is 1.63. The predicted molar refractivity (Wildman–Crippen MR) is 72.0 cm³/mol. The molecule has 0 heterocycles. The molecule has 0 unspecified atom stereocenters. The maximum Gasteiger partial charge on any atom is 0.274 e. The molecule has 2 N–H and O–H groups in total. The highest BCUT2D eigenvalue weighted by atomic mass is 32.2. The van der Waals surface area contributed by atoms with Crippen LogP contribution in [-0.4, -0.2) is 18.4 Å². The molecular weight excluding hydrogens is 303 g/mol. The first-order valence-electron chi connectivity index (χ1n) is 5.55. The molecular formula is C12H9FN2O5S. The molecule has 0 spiro atoms. The average Bonchev–Trinajstić information content (AvgIpc) is 2.37. The van der Waals surface area contributed by atoms with Crippen molar-refractivity contribution in [2.75, 3.05) is 4.72 Å². The Hall–Kier alpha value is -2.68. The number of halogens is 1. The van der Waals surface area contributed by atoms with Gasteiger partial charge in [-0.15, -0.1) is 0 Å². The van der Waals surface area contributed by atoms with E-state index in [1.807, 2.05) is 4.72 Å². The molecule has 0 aliphatic rings. The number of nitro benzene ring substituents is 1. The van der Waals surface area contributed by atoms with E-state index < -0.39 is 37.1 Å². The van der Waals surface area contributed by atoms with Gasteiger partial charge in [0.1, 0.15) is 16.5 Å². The van der Waals surface area contributed by atoms with Crippen molar-refractivity contribution < 1.29 is 22.8 Å². The number of para-hydroxylation sites is 1. The van der Waals surface area contributed by atoms with Gasteiger partial charge in [-0.1, -0.05) is 12.1 Å². The highest BCUT2D eigenvalue weighted by Crippen LogP contribution is 2.26. The molecule has 0 bridgehead atoms. The molecule has 0 aliphatic carbocycles. The lowest BCUT2D eigenvalue weighted by atomic mass is 10.3. The summed E-state index contributed by atoms with van der Waals surface area (Å²) in [6, 6.07) is 7.47. The number of anilines is 1. The van der Waals surface area contributed by atoms with Gasteiger partial charge in [0.25, 0.3) is 15.7 Å². The Labute approximate surface area is 118 Å². The first-order valence-corrected chi connectivity index (χ1v) is 7.04. The third-order valence-corrected chi connectivity index (χ3v) is 3.93. The fourth-order valence-corrected chi connectivity index (χ4v) is 2.77. The van der Waals surface area contributed by atoms with Crippen LogP contribution in [0.3, 0.4) is 0 Å². The highest BCUT2D eigenvalue weighted by Gasteiger charge is 2.20. The van der Waals surface area contributed by atoms with Crippen molar-refractivity contribution >= 4 is 21.4 Å². The van der Waals surface area contributed by atoms with Crippen molar-refractivity contribution in [2.45, 2.75) is 4.90 Å². The molecule has 110 valence electrons. The summed E-state index contributed by atoms with van der Waals surface area (Å²) >= 11 is 0. The van der Waals surface area contributed by atoms with Crippen molar-refractivity contribution in [3.05, 3.63) is 58.4 Å². The van der Waals surface area contributed by atoms with Crippen LogP contribution in [0, 0.1) is 15.9 Å². The van der Waals surface area contributed by atoms with Gasteiger partial charge < -0.3 is 5.11 Å². The van der Waals surface area contributed by atoms with Gasteiger partial charge in [-0.05, 0) is 18.2 Å². The maximum absolute atomic E-state index is 13.3. The van der Waals surface area contributed by atoms with Crippen molar-refractivity contribution in [3.63, 3.8) is 0 Å². The van der Waals surface area contributed by atoms with E-state index in [9.17, 15) is 28.0 Å². The third kappa shape index (κ3) is 3.26. The van der Waals surface area contributed by atoms with Crippen LogP contribution in [0.25, 0.3) is 0 Å². The van der Waals surface area contributed by atoms with E-state index in [4.69, 9.17) is 0 Å². The zero-order chi connectivity index (χ0) is 15.6. The van der Waals surface area contributed by atoms with Gasteiger partial charge >= 0.3 is 0 Å². The number of phenolic OH excluding ortho intramolecular Hbond substituents is 1. The van der Waals surface area contributed by atoms with Crippen molar-refractivity contribution in [1.29, 1.82) is 0 Å². The van der Waals surface area contributed by atoms with Gasteiger partial charge in [-0.2, -0.15) is 0 Å². The largest absolute Gasteiger partial charge is 0.507 e. The van der Waals surface area contributed by atoms with Crippen LogP contribution in [0.1, 0.15) is 0 Å². The zero-order valence-corrected chi connectivity index (χ0v) is 11.2. The van der Waals surface area contributed by atoms with Gasteiger partial charge in [-0.3, -0.25) is 14.8 Å². The molecule has 0 aromatic heterocycles. The SMILES string of the molecule is O=[N+]([O-])c1cc(F)cc(NS(=O)(=O)c2ccccc2O)c1. The van der Waals surface area contributed by atoms with Gasteiger partial charge in [0.05, 0.1) is 16.7 Å². The summed E-state index contributed by atoms with van der Waals surface area (Å²) in [5, 5.41) is 20.1. The molecule has 0 radical (unpaired) electrons.